The molecule has 1 heterocycles. The fourth-order valence-electron chi connectivity index (χ4n) is 2.53. The third-order valence-corrected chi connectivity index (χ3v) is 4.87. The maximum Gasteiger partial charge on any atom is 0.191 e. The lowest BCUT2D eigenvalue weighted by Gasteiger charge is -2.08. The molecule has 0 saturated carbocycles. The Hall–Kier alpha value is -2.60. The van der Waals surface area contributed by atoms with Crippen LogP contribution in [0.3, 0.4) is 0 Å². The van der Waals surface area contributed by atoms with Crippen molar-refractivity contribution in [2.75, 3.05) is 12.4 Å². The molecular weight excluding hydrogens is 346 g/mol. The molecular formula is C20H21N3O2S. The van der Waals surface area contributed by atoms with Crippen LogP contribution in [0.15, 0.2) is 53.7 Å². The predicted octanol–water partition coefficient (Wildman–Crippen LogP) is 4.26. The molecule has 0 saturated heterocycles. The second-order valence-electron chi connectivity index (χ2n) is 5.80. The standard InChI is InChI=1S/C20H21N3O2S/c1-3-23-19(17-8-4-15(2)5-9-17)21-22-20(23)26-13-12-25-18-10-6-16(14-24)7-11-18/h4-11,14H,3,12-13H2,1-2H3. The number of benzene rings is 2. The van der Waals surface area contributed by atoms with E-state index in [1.54, 1.807) is 36.0 Å². The molecule has 6 heteroatoms. The molecule has 1 aromatic heterocycles. The van der Waals surface area contributed by atoms with Gasteiger partial charge in [-0.3, -0.25) is 4.79 Å². The van der Waals surface area contributed by atoms with Crippen LogP contribution >= 0.6 is 11.8 Å². The molecule has 26 heavy (non-hydrogen) atoms. The predicted molar refractivity (Wildman–Crippen MR) is 104 cm³/mol. The molecule has 0 spiro atoms. The number of aromatic nitrogens is 3. The normalized spacial score (nSPS) is 10.7. The number of hydrogen-bond donors (Lipinski definition) is 0. The number of hydrogen-bond acceptors (Lipinski definition) is 5. The van der Waals surface area contributed by atoms with Crippen LogP contribution in [0.2, 0.25) is 0 Å². The lowest BCUT2D eigenvalue weighted by atomic mass is 10.1. The lowest BCUT2D eigenvalue weighted by Crippen LogP contribution is -2.03. The molecule has 3 aromatic rings. The highest BCUT2D eigenvalue weighted by atomic mass is 32.2. The van der Waals surface area contributed by atoms with Gasteiger partial charge in [-0.15, -0.1) is 10.2 Å². The number of thioether (sulfide) groups is 1. The average molecular weight is 367 g/mol. The van der Waals surface area contributed by atoms with Gasteiger partial charge in [-0.25, -0.2) is 0 Å². The van der Waals surface area contributed by atoms with Gasteiger partial charge < -0.3 is 9.30 Å². The molecule has 0 aliphatic carbocycles. The smallest absolute Gasteiger partial charge is 0.191 e. The van der Waals surface area contributed by atoms with Crippen LogP contribution in [-0.2, 0) is 6.54 Å². The van der Waals surface area contributed by atoms with E-state index in [1.165, 1.54) is 5.56 Å². The number of aryl methyl sites for hydroxylation is 1. The van der Waals surface area contributed by atoms with Crippen molar-refractivity contribution in [3.05, 3.63) is 59.7 Å². The van der Waals surface area contributed by atoms with Crippen molar-refractivity contribution >= 4 is 18.0 Å². The number of ether oxygens (including phenoxy) is 1. The monoisotopic (exact) mass is 367 g/mol. The summed E-state index contributed by atoms with van der Waals surface area (Å²) in [5, 5.41) is 9.59. The third-order valence-electron chi connectivity index (χ3n) is 3.94. The second kappa shape index (κ2) is 8.67. The van der Waals surface area contributed by atoms with Gasteiger partial charge >= 0.3 is 0 Å². The van der Waals surface area contributed by atoms with Crippen molar-refractivity contribution < 1.29 is 9.53 Å². The van der Waals surface area contributed by atoms with Crippen molar-refractivity contribution in [2.45, 2.75) is 25.5 Å². The largest absolute Gasteiger partial charge is 0.493 e. The van der Waals surface area contributed by atoms with Crippen molar-refractivity contribution in [1.29, 1.82) is 0 Å². The first-order valence-electron chi connectivity index (χ1n) is 8.52. The quantitative estimate of drug-likeness (QED) is 0.338. The second-order valence-corrected chi connectivity index (χ2v) is 6.86. The Labute approximate surface area is 157 Å². The van der Waals surface area contributed by atoms with Crippen LogP contribution < -0.4 is 4.74 Å². The summed E-state index contributed by atoms with van der Waals surface area (Å²) in [7, 11) is 0. The summed E-state index contributed by atoms with van der Waals surface area (Å²) in [6.45, 7) is 5.53. The first-order chi connectivity index (χ1) is 12.7. The van der Waals surface area contributed by atoms with Crippen LogP contribution in [0.25, 0.3) is 11.4 Å². The number of carbonyl (C=O) groups excluding carboxylic acids is 1. The van der Waals surface area contributed by atoms with E-state index in [1.807, 2.05) is 0 Å². The maximum absolute atomic E-state index is 10.7. The van der Waals surface area contributed by atoms with Crippen LogP contribution in [0, 0.1) is 6.92 Å². The van der Waals surface area contributed by atoms with Gasteiger partial charge in [-0.05, 0) is 38.1 Å². The fraction of sp³-hybridized carbons (Fsp3) is 0.250. The first kappa shape index (κ1) is 18.2. The van der Waals surface area contributed by atoms with E-state index in [4.69, 9.17) is 4.74 Å². The minimum absolute atomic E-state index is 0.557. The average Bonchev–Trinajstić information content (AvgIpc) is 3.09. The van der Waals surface area contributed by atoms with Crippen molar-refractivity contribution in [3.8, 4) is 17.1 Å². The van der Waals surface area contributed by atoms with Gasteiger partial charge in [0.2, 0.25) is 0 Å². The Kier molecular flexibility index (Phi) is 6.07. The molecule has 0 fully saturated rings. The van der Waals surface area contributed by atoms with E-state index in [9.17, 15) is 4.79 Å². The van der Waals surface area contributed by atoms with Gasteiger partial charge in [0.1, 0.15) is 12.0 Å². The molecule has 0 radical (unpaired) electrons. The summed E-state index contributed by atoms with van der Waals surface area (Å²) in [4.78, 5) is 10.7. The SMILES string of the molecule is CCn1c(SCCOc2ccc(C=O)cc2)nnc1-c1ccc(C)cc1. The molecule has 5 nitrogen and oxygen atoms in total. The molecule has 0 aliphatic rings. The van der Waals surface area contributed by atoms with E-state index in [2.05, 4.69) is 52.9 Å². The van der Waals surface area contributed by atoms with Crippen LogP contribution in [0.1, 0.15) is 22.8 Å². The van der Waals surface area contributed by atoms with Gasteiger partial charge in [0, 0.05) is 23.4 Å². The summed E-state index contributed by atoms with van der Waals surface area (Å²) in [6.07, 6.45) is 0.822. The van der Waals surface area contributed by atoms with E-state index < -0.39 is 0 Å². The Bertz CT molecular complexity index is 858. The van der Waals surface area contributed by atoms with Gasteiger partial charge in [0.05, 0.1) is 6.61 Å². The molecule has 0 bridgehead atoms. The summed E-state index contributed by atoms with van der Waals surface area (Å²) < 4.78 is 7.83. The van der Waals surface area contributed by atoms with Crippen LogP contribution in [0.4, 0.5) is 0 Å². The number of nitrogens with zero attached hydrogens (tertiary/aromatic N) is 3. The first-order valence-corrected chi connectivity index (χ1v) is 9.51. The minimum Gasteiger partial charge on any atom is -0.493 e. The highest BCUT2D eigenvalue weighted by Gasteiger charge is 2.12. The molecule has 0 amide bonds. The molecule has 0 N–H and O–H groups in total. The van der Waals surface area contributed by atoms with Gasteiger partial charge in [-0.1, -0.05) is 41.6 Å². The zero-order valence-electron chi connectivity index (χ0n) is 14.9. The highest BCUT2D eigenvalue weighted by Crippen LogP contribution is 2.24. The molecule has 134 valence electrons. The van der Waals surface area contributed by atoms with Gasteiger partial charge in [-0.2, -0.15) is 0 Å². The summed E-state index contributed by atoms with van der Waals surface area (Å²) in [5.74, 6) is 2.41. The summed E-state index contributed by atoms with van der Waals surface area (Å²) >= 11 is 1.63. The number of carbonyl (C=O) groups is 1. The van der Waals surface area contributed by atoms with E-state index >= 15 is 0 Å². The van der Waals surface area contributed by atoms with Gasteiger partial charge in [0.15, 0.2) is 11.0 Å². The molecule has 3 rings (SSSR count). The number of aldehydes is 1. The minimum atomic E-state index is 0.557. The molecule has 2 aromatic carbocycles. The van der Waals surface area contributed by atoms with Crippen LogP contribution in [0.5, 0.6) is 5.75 Å². The molecule has 0 unspecified atom stereocenters. The fourth-order valence-corrected chi connectivity index (χ4v) is 3.35. The van der Waals surface area contributed by atoms with Crippen molar-refractivity contribution in [2.24, 2.45) is 0 Å². The summed E-state index contributed by atoms with van der Waals surface area (Å²) in [5.41, 5.74) is 2.94. The van der Waals surface area contributed by atoms with Crippen LogP contribution in [-0.4, -0.2) is 33.4 Å². The highest BCUT2D eigenvalue weighted by molar-refractivity contribution is 7.99. The Morgan fingerprint density at radius 1 is 1.08 bits per heavy atom. The van der Waals surface area contributed by atoms with E-state index in [-0.39, 0.29) is 0 Å². The Morgan fingerprint density at radius 2 is 1.81 bits per heavy atom. The van der Waals surface area contributed by atoms with Crippen molar-refractivity contribution in [3.63, 3.8) is 0 Å². The van der Waals surface area contributed by atoms with Gasteiger partial charge in [0.25, 0.3) is 0 Å². The molecule has 0 atom stereocenters. The zero-order valence-corrected chi connectivity index (χ0v) is 15.7. The lowest BCUT2D eigenvalue weighted by molar-refractivity contribution is 0.112. The number of rotatable bonds is 8. The van der Waals surface area contributed by atoms with E-state index in [0.29, 0.717) is 12.2 Å². The Balaban J connectivity index is 1.59. The third kappa shape index (κ3) is 4.32. The Morgan fingerprint density at radius 3 is 2.46 bits per heavy atom. The topological polar surface area (TPSA) is 57.0 Å². The zero-order chi connectivity index (χ0) is 18.4. The van der Waals surface area contributed by atoms with Crippen molar-refractivity contribution in [1.82, 2.24) is 14.8 Å². The maximum atomic E-state index is 10.7. The summed E-state index contributed by atoms with van der Waals surface area (Å²) in [6, 6.07) is 15.4. The molecule has 0 aliphatic heterocycles. The van der Waals surface area contributed by atoms with E-state index in [0.717, 1.165) is 40.9 Å².